The number of ether oxygens (including phenoxy) is 1. The molecule has 0 unspecified atom stereocenters. The van der Waals surface area contributed by atoms with Crippen LogP contribution in [0, 0.1) is 5.92 Å². The van der Waals surface area contributed by atoms with Crippen LogP contribution < -0.4 is 10.1 Å². The number of aliphatic hydroxyl groups excluding tert-OH is 1. The molecular formula is C24H30N2O6. The third kappa shape index (κ3) is 4.89. The van der Waals surface area contributed by atoms with Crippen molar-refractivity contribution in [1.29, 1.82) is 0 Å². The third-order valence-corrected chi connectivity index (χ3v) is 6.67. The normalized spacial score (nSPS) is 20.4. The van der Waals surface area contributed by atoms with Gasteiger partial charge in [0.1, 0.15) is 23.6 Å². The lowest BCUT2D eigenvalue weighted by molar-refractivity contribution is -0.142. The molecule has 2 saturated carbocycles. The molecule has 8 heteroatoms. The molecule has 1 spiro atoms. The van der Waals surface area contributed by atoms with Crippen LogP contribution in [0.3, 0.4) is 0 Å². The minimum Gasteiger partial charge on any atom is -0.511 e. The summed E-state index contributed by atoms with van der Waals surface area (Å²) in [6.45, 7) is 0.424. The standard InChI is InChI=1S/C24H30N2O6/c27-19-12-24(10-2-1-3-11-24)26(23(31)21(19)22(30)25-13-20(28)29)14-16-6-8-18(9-7-16)32-15-17-4-5-17/h6-9,17,27H,1-5,10-15H2,(H,25,30)(H,28,29). The summed E-state index contributed by atoms with van der Waals surface area (Å²) in [5.74, 6) is -1.41. The van der Waals surface area contributed by atoms with Gasteiger partial charge in [-0.05, 0) is 49.3 Å². The smallest absolute Gasteiger partial charge is 0.322 e. The van der Waals surface area contributed by atoms with Gasteiger partial charge >= 0.3 is 5.97 Å². The molecule has 0 radical (unpaired) electrons. The maximum atomic E-state index is 13.4. The Kier molecular flexibility index (Phi) is 6.39. The second-order valence-corrected chi connectivity index (χ2v) is 9.15. The summed E-state index contributed by atoms with van der Waals surface area (Å²) in [5.41, 5.74) is 0.0255. The minimum absolute atomic E-state index is 0.206. The molecule has 1 aliphatic heterocycles. The van der Waals surface area contributed by atoms with E-state index >= 15 is 0 Å². The first-order chi connectivity index (χ1) is 15.4. The highest BCUT2D eigenvalue weighted by molar-refractivity contribution is 6.19. The zero-order valence-corrected chi connectivity index (χ0v) is 18.1. The van der Waals surface area contributed by atoms with Crippen LogP contribution in [0.2, 0.25) is 0 Å². The van der Waals surface area contributed by atoms with Gasteiger partial charge in [-0.2, -0.15) is 0 Å². The van der Waals surface area contributed by atoms with Gasteiger partial charge in [0.2, 0.25) is 0 Å². The Balaban J connectivity index is 1.54. The van der Waals surface area contributed by atoms with E-state index in [2.05, 4.69) is 5.32 Å². The van der Waals surface area contributed by atoms with Gasteiger partial charge in [-0.15, -0.1) is 0 Å². The van der Waals surface area contributed by atoms with Crippen LogP contribution in [-0.4, -0.2) is 51.6 Å². The summed E-state index contributed by atoms with van der Waals surface area (Å²) in [4.78, 5) is 38.5. The molecule has 0 saturated heterocycles. The molecule has 172 valence electrons. The first-order valence-corrected chi connectivity index (χ1v) is 11.3. The number of carbonyl (C=O) groups is 3. The van der Waals surface area contributed by atoms with E-state index in [0.29, 0.717) is 12.5 Å². The van der Waals surface area contributed by atoms with Gasteiger partial charge in [-0.1, -0.05) is 31.4 Å². The van der Waals surface area contributed by atoms with Crippen LogP contribution in [0.15, 0.2) is 35.6 Å². The number of nitrogens with one attached hydrogen (secondary N) is 1. The van der Waals surface area contributed by atoms with Crippen molar-refractivity contribution in [2.24, 2.45) is 5.92 Å². The van der Waals surface area contributed by atoms with Gasteiger partial charge in [-0.25, -0.2) is 0 Å². The molecule has 0 aromatic heterocycles. The Hall–Kier alpha value is -3.03. The van der Waals surface area contributed by atoms with Crippen LogP contribution in [0.1, 0.15) is 56.9 Å². The molecular weight excluding hydrogens is 412 g/mol. The summed E-state index contributed by atoms with van der Waals surface area (Å²) in [7, 11) is 0. The summed E-state index contributed by atoms with van der Waals surface area (Å²) in [6.07, 6.45) is 7.15. The third-order valence-electron chi connectivity index (χ3n) is 6.67. The van der Waals surface area contributed by atoms with E-state index in [-0.39, 0.29) is 17.8 Å². The van der Waals surface area contributed by atoms with E-state index in [4.69, 9.17) is 9.84 Å². The summed E-state index contributed by atoms with van der Waals surface area (Å²) in [6, 6.07) is 7.64. The fraction of sp³-hybridized carbons (Fsp3) is 0.542. The number of hydrogen-bond donors (Lipinski definition) is 3. The Bertz CT molecular complexity index is 913. The van der Waals surface area contributed by atoms with E-state index in [9.17, 15) is 19.5 Å². The van der Waals surface area contributed by atoms with E-state index < -0.39 is 29.9 Å². The van der Waals surface area contributed by atoms with Crippen molar-refractivity contribution in [2.75, 3.05) is 13.2 Å². The van der Waals surface area contributed by atoms with Gasteiger partial charge in [0.05, 0.1) is 12.1 Å². The number of rotatable bonds is 8. The topological polar surface area (TPSA) is 116 Å². The lowest BCUT2D eigenvalue weighted by Gasteiger charge is -2.49. The highest BCUT2D eigenvalue weighted by Gasteiger charge is 2.48. The van der Waals surface area contributed by atoms with Crippen LogP contribution >= 0.6 is 0 Å². The van der Waals surface area contributed by atoms with Gasteiger partial charge in [0.15, 0.2) is 0 Å². The van der Waals surface area contributed by atoms with Crippen molar-refractivity contribution in [1.82, 2.24) is 10.2 Å². The van der Waals surface area contributed by atoms with E-state index in [1.807, 2.05) is 24.3 Å². The average Bonchev–Trinajstić information content (AvgIpc) is 3.60. The maximum absolute atomic E-state index is 13.4. The second kappa shape index (κ2) is 9.22. The Morgan fingerprint density at radius 2 is 1.81 bits per heavy atom. The molecule has 0 bridgehead atoms. The average molecular weight is 443 g/mol. The van der Waals surface area contributed by atoms with Gasteiger partial charge in [-0.3, -0.25) is 14.4 Å². The summed E-state index contributed by atoms with van der Waals surface area (Å²) >= 11 is 0. The Morgan fingerprint density at radius 3 is 2.44 bits per heavy atom. The van der Waals surface area contributed by atoms with Crippen molar-refractivity contribution in [3.8, 4) is 5.75 Å². The van der Waals surface area contributed by atoms with E-state index in [1.165, 1.54) is 12.8 Å². The van der Waals surface area contributed by atoms with Crippen LogP contribution in [-0.2, 0) is 20.9 Å². The van der Waals surface area contributed by atoms with Crippen molar-refractivity contribution in [3.63, 3.8) is 0 Å². The minimum atomic E-state index is -1.22. The molecule has 0 atom stereocenters. The molecule has 2 aliphatic carbocycles. The molecule has 4 rings (SSSR count). The van der Waals surface area contributed by atoms with E-state index in [0.717, 1.165) is 50.0 Å². The number of carbonyl (C=O) groups excluding carboxylic acids is 2. The number of carboxylic acid groups (broad SMARTS) is 1. The molecule has 8 nitrogen and oxygen atoms in total. The molecule has 1 aromatic rings. The van der Waals surface area contributed by atoms with Crippen molar-refractivity contribution in [3.05, 3.63) is 41.2 Å². The number of aliphatic hydroxyl groups is 1. The second-order valence-electron chi connectivity index (χ2n) is 9.15. The zero-order valence-electron chi connectivity index (χ0n) is 18.1. The van der Waals surface area contributed by atoms with Gasteiger partial charge in [0.25, 0.3) is 11.8 Å². The fourth-order valence-corrected chi connectivity index (χ4v) is 4.71. The number of nitrogens with zero attached hydrogens (tertiary/aromatic N) is 1. The molecule has 2 amide bonds. The van der Waals surface area contributed by atoms with E-state index in [1.54, 1.807) is 4.90 Å². The zero-order chi connectivity index (χ0) is 22.7. The summed E-state index contributed by atoms with van der Waals surface area (Å²) < 4.78 is 5.79. The predicted octanol–water partition coefficient (Wildman–Crippen LogP) is 2.92. The maximum Gasteiger partial charge on any atom is 0.322 e. The molecule has 2 fully saturated rings. The number of aliphatic carboxylic acids is 1. The lowest BCUT2D eigenvalue weighted by Crippen LogP contribution is -2.57. The molecule has 32 heavy (non-hydrogen) atoms. The largest absolute Gasteiger partial charge is 0.511 e. The number of benzene rings is 1. The Labute approximate surface area is 187 Å². The SMILES string of the molecule is O=C(O)CNC(=O)C1=C(O)CC2(CCCCC2)N(Cc2ccc(OCC3CC3)cc2)C1=O. The van der Waals surface area contributed by atoms with Crippen molar-refractivity contribution < 1.29 is 29.3 Å². The molecule has 3 N–H and O–H groups in total. The quantitative estimate of drug-likeness (QED) is 0.533. The number of amides is 2. The van der Waals surface area contributed by atoms with Gasteiger partial charge in [0, 0.05) is 13.0 Å². The lowest BCUT2D eigenvalue weighted by atomic mass is 9.74. The highest BCUT2D eigenvalue weighted by Crippen LogP contribution is 2.43. The Morgan fingerprint density at radius 1 is 1.12 bits per heavy atom. The van der Waals surface area contributed by atoms with Crippen LogP contribution in [0.5, 0.6) is 5.75 Å². The molecule has 3 aliphatic rings. The monoisotopic (exact) mass is 442 g/mol. The van der Waals surface area contributed by atoms with Crippen molar-refractivity contribution >= 4 is 17.8 Å². The highest BCUT2D eigenvalue weighted by atomic mass is 16.5. The number of carboxylic acids is 1. The first-order valence-electron chi connectivity index (χ1n) is 11.3. The number of hydrogen-bond acceptors (Lipinski definition) is 5. The fourth-order valence-electron chi connectivity index (χ4n) is 4.71. The van der Waals surface area contributed by atoms with Crippen LogP contribution in [0.25, 0.3) is 0 Å². The first kappa shape index (κ1) is 22.2. The molecule has 1 aromatic carbocycles. The predicted molar refractivity (Wildman–Crippen MR) is 116 cm³/mol. The van der Waals surface area contributed by atoms with Crippen molar-refractivity contribution in [2.45, 2.75) is 63.5 Å². The molecule has 1 heterocycles. The van der Waals surface area contributed by atoms with Gasteiger partial charge < -0.3 is 25.2 Å². The summed E-state index contributed by atoms with van der Waals surface area (Å²) in [5, 5.41) is 21.7. The van der Waals surface area contributed by atoms with Crippen LogP contribution in [0.4, 0.5) is 0 Å².